The van der Waals surface area contributed by atoms with Gasteiger partial charge in [0, 0.05) is 18.1 Å². The minimum Gasteiger partial charge on any atom is -0.394 e. The molecule has 33 heavy (non-hydrogen) atoms. The van der Waals surface area contributed by atoms with Crippen molar-refractivity contribution < 1.29 is 17.9 Å². The SMILES string of the molecule is CS(=O)(=O)c1ccc(Nc2ncc(-c3ncn[nH]3)c(N[C@H](CO)c3ccccc3)n2)cc1F. The van der Waals surface area contributed by atoms with Crippen LogP contribution in [-0.2, 0) is 9.84 Å². The normalized spacial score (nSPS) is 12.3. The number of aliphatic hydroxyl groups excluding tert-OH is 1. The zero-order chi connectivity index (χ0) is 23.4. The van der Waals surface area contributed by atoms with E-state index in [0.717, 1.165) is 17.9 Å². The molecule has 0 aliphatic carbocycles. The Balaban J connectivity index is 1.67. The molecule has 170 valence electrons. The number of H-pyrrole nitrogens is 1. The Morgan fingerprint density at radius 2 is 1.94 bits per heavy atom. The molecule has 0 aliphatic heterocycles. The number of nitrogens with zero attached hydrogens (tertiary/aromatic N) is 4. The van der Waals surface area contributed by atoms with Crippen LogP contribution >= 0.6 is 0 Å². The summed E-state index contributed by atoms with van der Waals surface area (Å²) in [7, 11) is -3.69. The maximum Gasteiger partial charge on any atom is 0.229 e. The smallest absolute Gasteiger partial charge is 0.229 e. The third-order valence-corrected chi connectivity index (χ3v) is 5.87. The first-order chi connectivity index (χ1) is 15.8. The number of hydrogen-bond donors (Lipinski definition) is 4. The van der Waals surface area contributed by atoms with Crippen molar-refractivity contribution in [3.05, 3.63) is 72.4 Å². The molecule has 4 rings (SSSR count). The Labute approximate surface area is 188 Å². The molecule has 0 bridgehead atoms. The first-order valence-corrected chi connectivity index (χ1v) is 11.7. The second-order valence-electron chi connectivity index (χ2n) is 7.12. The van der Waals surface area contributed by atoms with Crippen molar-refractivity contribution in [1.82, 2.24) is 25.1 Å². The van der Waals surface area contributed by atoms with Gasteiger partial charge in [0.1, 0.15) is 22.9 Å². The van der Waals surface area contributed by atoms with Gasteiger partial charge in [-0.05, 0) is 23.8 Å². The van der Waals surface area contributed by atoms with Crippen LogP contribution in [0.25, 0.3) is 11.4 Å². The Morgan fingerprint density at radius 3 is 2.58 bits per heavy atom. The summed E-state index contributed by atoms with van der Waals surface area (Å²) in [5.41, 5.74) is 1.61. The van der Waals surface area contributed by atoms with E-state index in [9.17, 15) is 17.9 Å². The van der Waals surface area contributed by atoms with E-state index in [1.54, 1.807) is 0 Å². The summed E-state index contributed by atoms with van der Waals surface area (Å²) in [6.07, 6.45) is 3.78. The van der Waals surface area contributed by atoms with E-state index in [1.807, 2.05) is 30.3 Å². The van der Waals surface area contributed by atoms with E-state index in [0.29, 0.717) is 17.2 Å². The van der Waals surface area contributed by atoms with Gasteiger partial charge in [0.2, 0.25) is 5.95 Å². The van der Waals surface area contributed by atoms with E-state index in [2.05, 4.69) is 35.8 Å². The molecular weight excluding hydrogens is 449 g/mol. The van der Waals surface area contributed by atoms with Gasteiger partial charge in [-0.1, -0.05) is 30.3 Å². The van der Waals surface area contributed by atoms with Gasteiger partial charge in [-0.15, -0.1) is 0 Å². The van der Waals surface area contributed by atoms with E-state index in [4.69, 9.17) is 0 Å². The Hall–Kier alpha value is -3.90. The minimum absolute atomic E-state index is 0.122. The average Bonchev–Trinajstić information content (AvgIpc) is 3.32. The molecule has 0 fully saturated rings. The number of aromatic nitrogens is 5. The van der Waals surface area contributed by atoms with Crippen LogP contribution in [0, 0.1) is 5.82 Å². The average molecular weight is 470 g/mol. The number of aliphatic hydroxyl groups is 1. The third-order valence-electron chi connectivity index (χ3n) is 4.74. The highest BCUT2D eigenvalue weighted by molar-refractivity contribution is 7.90. The molecule has 0 radical (unpaired) electrons. The lowest BCUT2D eigenvalue weighted by Crippen LogP contribution is -2.17. The monoisotopic (exact) mass is 469 g/mol. The molecular formula is C21H20FN7O3S. The predicted octanol–water partition coefficient (Wildman–Crippen LogP) is 2.69. The number of halogens is 1. The summed E-state index contributed by atoms with van der Waals surface area (Å²) in [4.78, 5) is 12.4. The summed E-state index contributed by atoms with van der Waals surface area (Å²) in [5, 5.41) is 22.6. The van der Waals surface area contributed by atoms with Gasteiger partial charge in [0.05, 0.1) is 18.2 Å². The van der Waals surface area contributed by atoms with Crippen molar-refractivity contribution in [3.63, 3.8) is 0 Å². The van der Waals surface area contributed by atoms with E-state index in [1.165, 1.54) is 24.7 Å². The van der Waals surface area contributed by atoms with Crippen LogP contribution in [0.2, 0.25) is 0 Å². The minimum atomic E-state index is -3.69. The predicted molar refractivity (Wildman–Crippen MR) is 120 cm³/mol. The van der Waals surface area contributed by atoms with Gasteiger partial charge >= 0.3 is 0 Å². The van der Waals surface area contributed by atoms with E-state index < -0.39 is 26.6 Å². The van der Waals surface area contributed by atoms with E-state index in [-0.39, 0.29) is 18.2 Å². The van der Waals surface area contributed by atoms with Crippen LogP contribution in [0.5, 0.6) is 0 Å². The van der Waals surface area contributed by atoms with Crippen molar-refractivity contribution in [2.45, 2.75) is 10.9 Å². The Bertz CT molecular complexity index is 1350. The zero-order valence-electron chi connectivity index (χ0n) is 17.4. The fourth-order valence-corrected chi connectivity index (χ4v) is 3.88. The fraction of sp³-hybridized carbons (Fsp3) is 0.143. The third kappa shape index (κ3) is 5.13. The number of benzene rings is 2. The van der Waals surface area contributed by atoms with Crippen LogP contribution in [-0.4, -0.2) is 51.5 Å². The summed E-state index contributed by atoms with van der Waals surface area (Å²) < 4.78 is 37.5. The first kappa shape index (κ1) is 22.3. The van der Waals surface area contributed by atoms with Gasteiger partial charge in [-0.2, -0.15) is 10.1 Å². The van der Waals surface area contributed by atoms with Crippen molar-refractivity contribution in [2.75, 3.05) is 23.5 Å². The molecule has 2 heterocycles. The lowest BCUT2D eigenvalue weighted by Gasteiger charge is -2.19. The van der Waals surface area contributed by atoms with Crippen molar-refractivity contribution >= 4 is 27.3 Å². The molecule has 2 aromatic carbocycles. The molecule has 0 saturated carbocycles. The molecule has 0 aliphatic rings. The van der Waals surface area contributed by atoms with Gasteiger partial charge in [-0.25, -0.2) is 22.8 Å². The van der Waals surface area contributed by atoms with Crippen LogP contribution in [0.1, 0.15) is 11.6 Å². The van der Waals surface area contributed by atoms with Gasteiger partial charge in [0.25, 0.3) is 0 Å². The quantitative estimate of drug-likeness (QED) is 0.306. The number of sulfone groups is 1. The molecule has 2 aromatic heterocycles. The second kappa shape index (κ2) is 9.30. The maximum atomic E-state index is 14.3. The number of anilines is 3. The second-order valence-corrected chi connectivity index (χ2v) is 9.11. The summed E-state index contributed by atoms with van der Waals surface area (Å²) >= 11 is 0. The molecule has 0 saturated heterocycles. The van der Waals surface area contributed by atoms with Gasteiger partial charge in [-0.3, -0.25) is 5.10 Å². The molecule has 12 heteroatoms. The van der Waals surface area contributed by atoms with Crippen LogP contribution < -0.4 is 10.6 Å². The maximum absolute atomic E-state index is 14.3. The summed E-state index contributed by atoms with van der Waals surface area (Å²) in [5.74, 6) is -0.00157. The number of rotatable bonds is 8. The zero-order valence-corrected chi connectivity index (χ0v) is 18.2. The highest BCUT2D eigenvalue weighted by Crippen LogP contribution is 2.28. The Kier molecular flexibility index (Phi) is 6.29. The fourth-order valence-electron chi connectivity index (χ4n) is 3.15. The summed E-state index contributed by atoms with van der Waals surface area (Å²) in [6.45, 7) is -0.204. The highest BCUT2D eigenvalue weighted by atomic mass is 32.2. The molecule has 4 aromatic rings. The lowest BCUT2D eigenvalue weighted by molar-refractivity contribution is 0.276. The molecule has 10 nitrogen and oxygen atoms in total. The topological polar surface area (TPSA) is 146 Å². The van der Waals surface area contributed by atoms with Crippen molar-refractivity contribution in [2.24, 2.45) is 0 Å². The Morgan fingerprint density at radius 1 is 1.15 bits per heavy atom. The number of nitrogens with one attached hydrogen (secondary N) is 3. The molecule has 4 N–H and O–H groups in total. The standard InChI is InChI=1S/C21H20FN7O3S/c1-33(31,32)18-8-7-14(9-16(18)22)26-21-23-10-15(19-24-12-25-29-19)20(28-21)27-17(11-30)13-5-3-2-4-6-13/h2-10,12,17,30H,11H2,1H3,(H,24,25,29)(H2,23,26,27,28)/t17-/m1/s1. The molecule has 0 amide bonds. The highest BCUT2D eigenvalue weighted by Gasteiger charge is 2.18. The van der Waals surface area contributed by atoms with Gasteiger partial charge < -0.3 is 15.7 Å². The molecule has 0 spiro atoms. The first-order valence-electron chi connectivity index (χ1n) is 9.77. The lowest BCUT2D eigenvalue weighted by atomic mass is 10.1. The van der Waals surface area contributed by atoms with Crippen molar-refractivity contribution in [1.29, 1.82) is 0 Å². The van der Waals surface area contributed by atoms with Crippen LogP contribution in [0.15, 0.2) is 66.0 Å². The van der Waals surface area contributed by atoms with Crippen molar-refractivity contribution in [3.8, 4) is 11.4 Å². The van der Waals surface area contributed by atoms with Crippen LogP contribution in [0.3, 0.4) is 0 Å². The number of aromatic amines is 1. The van der Waals surface area contributed by atoms with E-state index >= 15 is 0 Å². The van der Waals surface area contributed by atoms with Gasteiger partial charge in [0.15, 0.2) is 15.7 Å². The molecule has 0 unspecified atom stereocenters. The number of hydrogen-bond acceptors (Lipinski definition) is 9. The largest absolute Gasteiger partial charge is 0.394 e. The van der Waals surface area contributed by atoms with Crippen LogP contribution in [0.4, 0.5) is 21.8 Å². The summed E-state index contributed by atoms with van der Waals surface area (Å²) in [6, 6.07) is 12.5. The molecule has 1 atom stereocenters.